The molecule has 124 valence electrons. The SMILES string of the molecule is C=CCCCN(C)C(=NCc1ccnc(OC)c1)NCC.I. The number of methoxy groups -OCH3 is 1. The molecule has 0 amide bonds. The minimum Gasteiger partial charge on any atom is -0.481 e. The van der Waals surface area contributed by atoms with Gasteiger partial charge in [0.1, 0.15) is 0 Å². The van der Waals surface area contributed by atoms with Crippen LogP contribution >= 0.6 is 24.0 Å². The topological polar surface area (TPSA) is 49.8 Å². The van der Waals surface area contributed by atoms with Gasteiger partial charge in [0.2, 0.25) is 5.88 Å². The molecule has 0 aliphatic carbocycles. The minimum absolute atomic E-state index is 0. The Kier molecular flexibility index (Phi) is 11.5. The second-order valence-corrected chi connectivity index (χ2v) is 4.73. The molecule has 1 rings (SSSR count). The van der Waals surface area contributed by atoms with Crippen molar-refractivity contribution in [3.63, 3.8) is 0 Å². The van der Waals surface area contributed by atoms with E-state index in [1.807, 2.05) is 18.2 Å². The molecular formula is C16H27IN4O. The number of rotatable bonds is 8. The lowest BCUT2D eigenvalue weighted by atomic mass is 10.3. The van der Waals surface area contributed by atoms with Crippen LogP contribution in [-0.4, -0.2) is 43.1 Å². The highest BCUT2D eigenvalue weighted by Gasteiger charge is 2.05. The molecule has 0 saturated heterocycles. The van der Waals surface area contributed by atoms with E-state index in [-0.39, 0.29) is 24.0 Å². The lowest BCUT2D eigenvalue weighted by Crippen LogP contribution is -2.39. The predicted octanol–water partition coefficient (Wildman–Crippen LogP) is 3.07. The number of halogens is 1. The summed E-state index contributed by atoms with van der Waals surface area (Å²) in [5.74, 6) is 1.53. The van der Waals surface area contributed by atoms with E-state index >= 15 is 0 Å². The number of hydrogen-bond donors (Lipinski definition) is 1. The molecule has 0 aliphatic heterocycles. The molecule has 0 spiro atoms. The number of allylic oxidation sites excluding steroid dienone is 1. The van der Waals surface area contributed by atoms with Crippen LogP contribution in [0.5, 0.6) is 5.88 Å². The molecule has 0 aromatic carbocycles. The Hall–Kier alpha value is -1.31. The summed E-state index contributed by atoms with van der Waals surface area (Å²) < 4.78 is 5.13. The fourth-order valence-corrected chi connectivity index (χ4v) is 1.87. The molecular weight excluding hydrogens is 391 g/mol. The number of hydrogen-bond acceptors (Lipinski definition) is 3. The number of ether oxygens (including phenoxy) is 1. The Bertz CT molecular complexity index is 465. The van der Waals surface area contributed by atoms with Crippen LogP contribution < -0.4 is 10.1 Å². The van der Waals surface area contributed by atoms with Crippen LogP contribution in [0.1, 0.15) is 25.3 Å². The van der Waals surface area contributed by atoms with Crippen LogP contribution in [0.2, 0.25) is 0 Å². The maximum absolute atomic E-state index is 5.13. The van der Waals surface area contributed by atoms with Gasteiger partial charge in [-0.25, -0.2) is 9.98 Å². The third kappa shape index (κ3) is 7.63. The summed E-state index contributed by atoms with van der Waals surface area (Å²) in [6, 6.07) is 3.86. The van der Waals surface area contributed by atoms with E-state index in [1.54, 1.807) is 13.3 Å². The van der Waals surface area contributed by atoms with Gasteiger partial charge in [-0.15, -0.1) is 30.6 Å². The van der Waals surface area contributed by atoms with Crippen molar-refractivity contribution in [3.8, 4) is 5.88 Å². The van der Waals surface area contributed by atoms with Crippen molar-refractivity contribution in [1.82, 2.24) is 15.2 Å². The zero-order valence-corrected chi connectivity index (χ0v) is 16.0. The zero-order chi connectivity index (χ0) is 15.5. The molecule has 0 radical (unpaired) electrons. The second kappa shape index (κ2) is 12.3. The normalized spacial score (nSPS) is 10.6. The largest absolute Gasteiger partial charge is 0.481 e. The predicted molar refractivity (Wildman–Crippen MR) is 103 cm³/mol. The van der Waals surface area contributed by atoms with E-state index in [4.69, 9.17) is 4.74 Å². The van der Waals surface area contributed by atoms with Crippen LogP contribution in [0.3, 0.4) is 0 Å². The van der Waals surface area contributed by atoms with E-state index in [2.05, 4.69) is 40.7 Å². The van der Waals surface area contributed by atoms with Gasteiger partial charge in [0.25, 0.3) is 0 Å². The van der Waals surface area contributed by atoms with Crippen molar-refractivity contribution in [2.45, 2.75) is 26.3 Å². The second-order valence-electron chi connectivity index (χ2n) is 4.73. The van der Waals surface area contributed by atoms with Crippen molar-refractivity contribution in [2.75, 3.05) is 27.2 Å². The van der Waals surface area contributed by atoms with Crippen LogP contribution in [0.15, 0.2) is 36.0 Å². The van der Waals surface area contributed by atoms with Gasteiger partial charge in [-0.1, -0.05) is 6.08 Å². The molecule has 0 bridgehead atoms. The lowest BCUT2D eigenvalue weighted by molar-refractivity contribution is 0.397. The molecule has 0 fully saturated rings. The molecule has 6 heteroatoms. The maximum atomic E-state index is 5.13. The fraction of sp³-hybridized carbons (Fsp3) is 0.500. The third-order valence-electron chi connectivity index (χ3n) is 3.02. The molecule has 1 aromatic heterocycles. The summed E-state index contributed by atoms with van der Waals surface area (Å²) in [6.07, 6.45) is 5.78. The average Bonchev–Trinajstić information content (AvgIpc) is 2.51. The Balaban J connectivity index is 0.00000441. The van der Waals surface area contributed by atoms with E-state index in [0.717, 1.165) is 37.5 Å². The van der Waals surface area contributed by atoms with Gasteiger partial charge in [-0.3, -0.25) is 0 Å². The summed E-state index contributed by atoms with van der Waals surface area (Å²) in [7, 11) is 3.67. The highest BCUT2D eigenvalue weighted by atomic mass is 127. The minimum atomic E-state index is 0. The monoisotopic (exact) mass is 418 g/mol. The Morgan fingerprint density at radius 1 is 1.55 bits per heavy atom. The number of nitrogens with zero attached hydrogens (tertiary/aromatic N) is 3. The molecule has 1 N–H and O–H groups in total. The first-order valence-electron chi connectivity index (χ1n) is 7.30. The summed E-state index contributed by atoms with van der Waals surface area (Å²) in [5.41, 5.74) is 1.08. The van der Waals surface area contributed by atoms with Crippen molar-refractivity contribution in [1.29, 1.82) is 0 Å². The van der Waals surface area contributed by atoms with E-state index in [9.17, 15) is 0 Å². The first-order chi connectivity index (χ1) is 10.2. The average molecular weight is 418 g/mol. The standard InChI is InChI=1S/C16H26N4O.HI/c1-5-7-8-11-20(3)16(17-6-2)19-13-14-9-10-18-15(12-14)21-4;/h5,9-10,12H,1,6-8,11,13H2,2-4H3,(H,17,19);1H. The maximum Gasteiger partial charge on any atom is 0.213 e. The Morgan fingerprint density at radius 3 is 2.95 bits per heavy atom. The molecule has 5 nitrogen and oxygen atoms in total. The van der Waals surface area contributed by atoms with Crippen molar-refractivity contribution in [2.24, 2.45) is 4.99 Å². The summed E-state index contributed by atoms with van der Waals surface area (Å²) in [6.45, 7) is 8.23. The highest BCUT2D eigenvalue weighted by Crippen LogP contribution is 2.09. The number of nitrogens with one attached hydrogen (secondary N) is 1. The van der Waals surface area contributed by atoms with Gasteiger partial charge in [-0.05, 0) is 31.4 Å². The quantitative estimate of drug-likeness (QED) is 0.232. The van der Waals surface area contributed by atoms with E-state index in [1.165, 1.54) is 0 Å². The summed E-state index contributed by atoms with van der Waals surface area (Å²) in [5, 5.41) is 3.31. The number of unbranched alkanes of at least 4 members (excludes halogenated alkanes) is 1. The highest BCUT2D eigenvalue weighted by molar-refractivity contribution is 14.0. The summed E-state index contributed by atoms with van der Waals surface area (Å²) in [4.78, 5) is 10.9. The molecule has 1 aromatic rings. The van der Waals surface area contributed by atoms with Crippen LogP contribution in [-0.2, 0) is 6.54 Å². The Labute approximate surface area is 150 Å². The van der Waals surface area contributed by atoms with Gasteiger partial charge < -0.3 is 15.0 Å². The molecule has 0 atom stereocenters. The molecule has 0 unspecified atom stereocenters. The van der Waals surface area contributed by atoms with Crippen LogP contribution in [0.4, 0.5) is 0 Å². The number of aromatic nitrogens is 1. The smallest absolute Gasteiger partial charge is 0.213 e. The fourth-order valence-electron chi connectivity index (χ4n) is 1.87. The number of pyridine rings is 1. The van der Waals surface area contributed by atoms with Crippen molar-refractivity contribution >= 4 is 29.9 Å². The van der Waals surface area contributed by atoms with Crippen molar-refractivity contribution in [3.05, 3.63) is 36.5 Å². The van der Waals surface area contributed by atoms with Gasteiger partial charge in [-0.2, -0.15) is 0 Å². The molecule has 0 saturated carbocycles. The molecule has 0 aliphatic rings. The number of guanidine groups is 1. The third-order valence-corrected chi connectivity index (χ3v) is 3.02. The van der Waals surface area contributed by atoms with Gasteiger partial charge in [0, 0.05) is 32.4 Å². The lowest BCUT2D eigenvalue weighted by Gasteiger charge is -2.21. The van der Waals surface area contributed by atoms with Gasteiger partial charge in [0.15, 0.2) is 5.96 Å². The number of aliphatic imine (C=N–C) groups is 1. The van der Waals surface area contributed by atoms with E-state index < -0.39 is 0 Å². The zero-order valence-electron chi connectivity index (χ0n) is 13.7. The van der Waals surface area contributed by atoms with Gasteiger partial charge in [0.05, 0.1) is 13.7 Å². The van der Waals surface area contributed by atoms with Crippen molar-refractivity contribution < 1.29 is 4.74 Å². The van der Waals surface area contributed by atoms with Gasteiger partial charge >= 0.3 is 0 Å². The molecule has 22 heavy (non-hydrogen) atoms. The van der Waals surface area contributed by atoms with E-state index in [0.29, 0.717) is 12.4 Å². The summed E-state index contributed by atoms with van der Waals surface area (Å²) >= 11 is 0. The van der Waals surface area contributed by atoms with Crippen LogP contribution in [0.25, 0.3) is 0 Å². The first-order valence-corrected chi connectivity index (χ1v) is 7.30. The van der Waals surface area contributed by atoms with Crippen LogP contribution in [0, 0.1) is 0 Å². The molecule has 1 heterocycles. The Morgan fingerprint density at radius 2 is 2.32 bits per heavy atom. The first kappa shape index (κ1) is 20.7.